The van der Waals surface area contributed by atoms with Gasteiger partial charge in [0.1, 0.15) is 5.82 Å². The number of hydrogen-bond acceptors (Lipinski definition) is 5. The molecule has 7 nitrogen and oxygen atoms in total. The van der Waals surface area contributed by atoms with Gasteiger partial charge in [-0.2, -0.15) is 0 Å². The van der Waals surface area contributed by atoms with Crippen molar-refractivity contribution in [1.29, 1.82) is 0 Å². The van der Waals surface area contributed by atoms with Crippen LogP contribution in [-0.4, -0.2) is 45.0 Å². The Balaban J connectivity index is 1.58. The van der Waals surface area contributed by atoms with Crippen molar-refractivity contribution < 1.29 is 4.79 Å². The zero-order valence-electron chi connectivity index (χ0n) is 17.4. The third-order valence-corrected chi connectivity index (χ3v) is 5.86. The molecular formula is C24H24N6O. The highest BCUT2D eigenvalue weighted by Crippen LogP contribution is 2.31. The minimum absolute atomic E-state index is 0.0397. The molecule has 3 heterocycles. The number of hydrogen-bond donors (Lipinski definition) is 1. The van der Waals surface area contributed by atoms with Crippen molar-refractivity contribution in [2.75, 3.05) is 18.0 Å². The van der Waals surface area contributed by atoms with Crippen LogP contribution in [0.4, 0.5) is 5.82 Å². The first-order valence-electron chi connectivity index (χ1n) is 10.6. The van der Waals surface area contributed by atoms with Crippen LogP contribution in [0.1, 0.15) is 28.8 Å². The van der Waals surface area contributed by atoms with Crippen LogP contribution < -0.4 is 10.2 Å². The summed E-state index contributed by atoms with van der Waals surface area (Å²) in [6, 6.07) is 15.7. The summed E-state index contributed by atoms with van der Waals surface area (Å²) in [5.74, 6) is 0.691. The van der Waals surface area contributed by atoms with Gasteiger partial charge in [0.2, 0.25) is 0 Å². The van der Waals surface area contributed by atoms with Crippen molar-refractivity contribution >= 4 is 22.5 Å². The van der Waals surface area contributed by atoms with Crippen LogP contribution in [0.2, 0.25) is 0 Å². The maximum Gasteiger partial charge on any atom is 0.259 e. The summed E-state index contributed by atoms with van der Waals surface area (Å²) in [6.07, 6.45) is 7.18. The Hall–Kier alpha value is -3.58. The number of rotatable bonds is 4. The minimum atomic E-state index is -0.0397. The fraction of sp³-hybridized carbons (Fsp3) is 0.250. The van der Waals surface area contributed by atoms with Gasteiger partial charge in [-0.1, -0.05) is 23.4 Å². The van der Waals surface area contributed by atoms with E-state index in [0.717, 1.165) is 53.8 Å². The first kappa shape index (κ1) is 19.4. The molecule has 1 atom stereocenters. The van der Waals surface area contributed by atoms with E-state index in [0.29, 0.717) is 5.56 Å². The number of anilines is 1. The first-order valence-corrected chi connectivity index (χ1v) is 10.6. The molecule has 1 N–H and O–H groups in total. The number of carbonyl (C=O) groups excluding carboxylic acids is 1. The molecule has 0 aliphatic carbocycles. The molecule has 0 unspecified atom stereocenters. The fourth-order valence-electron chi connectivity index (χ4n) is 4.30. The van der Waals surface area contributed by atoms with Gasteiger partial charge < -0.3 is 5.32 Å². The molecule has 2 aromatic carbocycles. The van der Waals surface area contributed by atoms with Gasteiger partial charge in [0.25, 0.3) is 5.91 Å². The Morgan fingerprint density at radius 3 is 2.74 bits per heavy atom. The lowest BCUT2D eigenvalue weighted by Gasteiger charge is -2.35. The van der Waals surface area contributed by atoms with E-state index in [1.807, 2.05) is 41.3 Å². The Bertz CT molecular complexity index is 1190. The molecule has 156 valence electrons. The molecule has 0 bridgehead atoms. The van der Waals surface area contributed by atoms with E-state index in [4.69, 9.17) is 4.98 Å². The first-order chi connectivity index (χ1) is 15.2. The molecule has 5 rings (SSSR count). The molecule has 31 heavy (non-hydrogen) atoms. The summed E-state index contributed by atoms with van der Waals surface area (Å²) in [7, 11) is 0. The van der Waals surface area contributed by atoms with E-state index in [1.165, 1.54) is 0 Å². The van der Waals surface area contributed by atoms with Crippen molar-refractivity contribution in [2.24, 2.45) is 0 Å². The van der Waals surface area contributed by atoms with Crippen LogP contribution in [0.5, 0.6) is 0 Å². The topological polar surface area (TPSA) is 75.9 Å². The average Bonchev–Trinajstić information content (AvgIpc) is 3.35. The number of benzene rings is 2. The molecule has 1 saturated heterocycles. The summed E-state index contributed by atoms with van der Waals surface area (Å²) < 4.78 is 1.67. The normalized spacial score (nSPS) is 16.4. The number of nitrogens with one attached hydrogen (secondary N) is 1. The largest absolute Gasteiger partial charge is 0.315 e. The average molecular weight is 412 g/mol. The summed E-state index contributed by atoms with van der Waals surface area (Å²) in [5, 5.41) is 13.4. The van der Waals surface area contributed by atoms with E-state index < -0.39 is 0 Å². The summed E-state index contributed by atoms with van der Waals surface area (Å²) in [4.78, 5) is 20.4. The van der Waals surface area contributed by atoms with E-state index in [9.17, 15) is 4.79 Å². The number of aromatic nitrogens is 4. The van der Waals surface area contributed by atoms with Gasteiger partial charge in [-0.25, -0.2) is 9.67 Å². The van der Waals surface area contributed by atoms with Crippen molar-refractivity contribution in [3.8, 4) is 5.69 Å². The zero-order valence-corrected chi connectivity index (χ0v) is 17.4. The maximum atomic E-state index is 13.8. The number of carbonyl (C=O) groups is 1. The molecule has 1 aliphatic heterocycles. The zero-order chi connectivity index (χ0) is 21.2. The predicted molar refractivity (Wildman–Crippen MR) is 121 cm³/mol. The molecule has 1 amide bonds. The molecule has 7 heteroatoms. The van der Waals surface area contributed by atoms with Gasteiger partial charge in [-0.3, -0.25) is 9.69 Å². The Labute approximate surface area is 180 Å². The third-order valence-electron chi connectivity index (χ3n) is 5.86. The summed E-state index contributed by atoms with van der Waals surface area (Å²) in [5.41, 5.74) is 2.60. The number of pyridine rings is 1. The highest BCUT2D eigenvalue weighted by Gasteiger charge is 2.30. The molecule has 0 radical (unpaired) electrons. The van der Waals surface area contributed by atoms with E-state index >= 15 is 0 Å². The smallest absolute Gasteiger partial charge is 0.259 e. The third kappa shape index (κ3) is 3.68. The van der Waals surface area contributed by atoms with Crippen molar-refractivity contribution in [3.63, 3.8) is 0 Å². The van der Waals surface area contributed by atoms with E-state index in [2.05, 4.69) is 34.7 Å². The number of piperidine rings is 1. The second kappa shape index (κ2) is 8.28. The van der Waals surface area contributed by atoms with Crippen LogP contribution in [-0.2, 0) is 0 Å². The van der Waals surface area contributed by atoms with Crippen LogP contribution in [0.15, 0.2) is 67.1 Å². The Morgan fingerprint density at radius 1 is 1.13 bits per heavy atom. The highest BCUT2D eigenvalue weighted by atomic mass is 16.2. The standard InChI is InChI=1S/C24H24N6O/c1-17-4-2-5-18-11-13-26-23(22(17)18)30(21-6-3-12-25-16-21)24(31)19-7-9-20(10-8-19)29-15-14-27-28-29/h2,4-5,7-11,13-15,21,25H,3,6,12,16H2,1H3/t21-/m1/s1. The lowest BCUT2D eigenvalue weighted by Crippen LogP contribution is -2.49. The predicted octanol–water partition coefficient (Wildman–Crippen LogP) is 3.52. The molecular weight excluding hydrogens is 388 g/mol. The van der Waals surface area contributed by atoms with Gasteiger partial charge >= 0.3 is 0 Å². The maximum absolute atomic E-state index is 13.8. The number of fused-ring (bicyclic) bond motifs is 1. The second-order valence-corrected chi connectivity index (χ2v) is 7.88. The molecule has 0 spiro atoms. The minimum Gasteiger partial charge on any atom is -0.315 e. The quantitative estimate of drug-likeness (QED) is 0.555. The second-order valence-electron chi connectivity index (χ2n) is 7.88. The number of aryl methyl sites for hydroxylation is 1. The molecule has 1 aliphatic rings. The van der Waals surface area contributed by atoms with Gasteiger partial charge in [-0.15, -0.1) is 5.10 Å². The molecule has 4 aromatic rings. The van der Waals surface area contributed by atoms with E-state index in [1.54, 1.807) is 23.3 Å². The molecule has 2 aromatic heterocycles. The van der Waals surface area contributed by atoms with Gasteiger partial charge in [-0.05, 0) is 67.6 Å². The number of amides is 1. The summed E-state index contributed by atoms with van der Waals surface area (Å²) >= 11 is 0. The van der Waals surface area contributed by atoms with Crippen molar-refractivity contribution in [3.05, 3.63) is 78.2 Å². The van der Waals surface area contributed by atoms with Gasteiger partial charge in [0.05, 0.1) is 24.1 Å². The van der Waals surface area contributed by atoms with Crippen molar-refractivity contribution in [2.45, 2.75) is 25.8 Å². The van der Waals surface area contributed by atoms with Crippen LogP contribution in [0.3, 0.4) is 0 Å². The Kier molecular flexibility index (Phi) is 5.18. The van der Waals surface area contributed by atoms with Crippen LogP contribution in [0, 0.1) is 6.92 Å². The lowest BCUT2D eigenvalue weighted by atomic mass is 10.0. The van der Waals surface area contributed by atoms with Crippen LogP contribution in [0.25, 0.3) is 16.5 Å². The van der Waals surface area contributed by atoms with Gasteiger partial charge in [0.15, 0.2) is 0 Å². The monoisotopic (exact) mass is 412 g/mol. The highest BCUT2D eigenvalue weighted by molar-refractivity contribution is 6.10. The molecule has 1 fully saturated rings. The fourth-order valence-corrected chi connectivity index (χ4v) is 4.30. The SMILES string of the molecule is Cc1cccc2ccnc(N(C(=O)c3ccc(-n4ccnn4)cc3)[C@@H]3CCCNC3)c12. The molecule has 0 saturated carbocycles. The van der Waals surface area contributed by atoms with E-state index in [-0.39, 0.29) is 11.9 Å². The number of nitrogens with zero attached hydrogens (tertiary/aromatic N) is 5. The van der Waals surface area contributed by atoms with Crippen molar-refractivity contribution in [1.82, 2.24) is 25.3 Å². The lowest BCUT2D eigenvalue weighted by molar-refractivity contribution is 0.0972. The summed E-state index contributed by atoms with van der Waals surface area (Å²) in [6.45, 7) is 3.81. The van der Waals surface area contributed by atoms with Gasteiger partial charge in [0, 0.05) is 23.7 Å². The van der Waals surface area contributed by atoms with Crippen LogP contribution >= 0.6 is 0 Å². The Morgan fingerprint density at radius 2 is 2.00 bits per heavy atom.